The van der Waals surface area contributed by atoms with Crippen LogP contribution in [0.1, 0.15) is 36.2 Å². The number of nitrogens with one attached hydrogen (secondary N) is 1. The molecule has 0 saturated heterocycles. The smallest absolute Gasteiger partial charge is 0.227 e. The first kappa shape index (κ1) is 18.4. The fraction of sp³-hybridized carbons (Fsp3) is 0.333. The molecule has 0 aliphatic rings. The van der Waals surface area contributed by atoms with Crippen LogP contribution in [0.25, 0.3) is 11.1 Å². The summed E-state index contributed by atoms with van der Waals surface area (Å²) < 4.78 is 1.99. The Kier molecular flexibility index (Phi) is 5.89. The lowest BCUT2D eigenvalue weighted by molar-refractivity contribution is -0.122. The van der Waals surface area contributed by atoms with Gasteiger partial charge in [-0.05, 0) is 48.2 Å². The summed E-state index contributed by atoms with van der Waals surface area (Å²) in [6.45, 7) is 7.43. The molecule has 1 amide bonds. The second-order valence-corrected chi connectivity index (χ2v) is 7.22. The van der Waals surface area contributed by atoms with Gasteiger partial charge in [0.1, 0.15) is 0 Å². The number of benzene rings is 1. The Morgan fingerprint density at radius 3 is 2.65 bits per heavy atom. The minimum Gasteiger partial charge on any atom is -0.354 e. The molecule has 136 valence electrons. The highest BCUT2D eigenvalue weighted by Gasteiger charge is 2.18. The summed E-state index contributed by atoms with van der Waals surface area (Å²) in [6.07, 6.45) is 0.790. The van der Waals surface area contributed by atoms with Gasteiger partial charge in [0.2, 0.25) is 5.91 Å². The van der Waals surface area contributed by atoms with E-state index in [0.29, 0.717) is 13.1 Å². The molecule has 1 aromatic carbocycles. The predicted molar refractivity (Wildman–Crippen MR) is 107 cm³/mol. The second kappa shape index (κ2) is 8.32. The first-order valence-corrected chi connectivity index (χ1v) is 9.95. The van der Waals surface area contributed by atoms with E-state index in [1.54, 1.807) is 11.3 Å². The van der Waals surface area contributed by atoms with Crippen LogP contribution in [0.2, 0.25) is 0 Å². The van der Waals surface area contributed by atoms with Gasteiger partial charge in [-0.15, -0.1) is 0 Å². The van der Waals surface area contributed by atoms with Crippen LogP contribution in [0, 0.1) is 13.8 Å². The molecule has 0 saturated carbocycles. The van der Waals surface area contributed by atoms with Crippen molar-refractivity contribution < 1.29 is 4.79 Å². The molecule has 2 aromatic heterocycles. The summed E-state index contributed by atoms with van der Waals surface area (Å²) in [7, 11) is 0. The van der Waals surface area contributed by atoms with E-state index in [9.17, 15) is 4.79 Å². The molecule has 1 atom stereocenters. The largest absolute Gasteiger partial charge is 0.354 e. The van der Waals surface area contributed by atoms with E-state index in [0.717, 1.165) is 23.4 Å². The minimum absolute atomic E-state index is 0.0817. The fourth-order valence-corrected chi connectivity index (χ4v) is 4.05. The molecule has 2 heterocycles. The first-order chi connectivity index (χ1) is 12.6. The number of hydrogen-bond donors (Lipinski definition) is 1. The van der Waals surface area contributed by atoms with Crippen LogP contribution in [-0.2, 0) is 11.3 Å². The quantitative estimate of drug-likeness (QED) is 0.666. The van der Waals surface area contributed by atoms with Gasteiger partial charge in [0.05, 0.1) is 18.2 Å². The number of thiophene rings is 1. The number of amides is 1. The Morgan fingerprint density at radius 1 is 1.23 bits per heavy atom. The van der Waals surface area contributed by atoms with Crippen LogP contribution in [0.5, 0.6) is 0 Å². The molecular weight excluding hydrogens is 342 g/mol. The first-order valence-electron chi connectivity index (χ1n) is 9.01. The summed E-state index contributed by atoms with van der Waals surface area (Å²) >= 11 is 1.69. The number of carbonyl (C=O) groups excluding carboxylic acids is 1. The third kappa shape index (κ3) is 3.88. The van der Waals surface area contributed by atoms with Crippen molar-refractivity contribution in [2.24, 2.45) is 0 Å². The Morgan fingerprint density at radius 2 is 2.00 bits per heavy atom. The summed E-state index contributed by atoms with van der Waals surface area (Å²) in [5.41, 5.74) is 5.66. The topological polar surface area (TPSA) is 46.9 Å². The van der Waals surface area contributed by atoms with Crippen molar-refractivity contribution in [2.45, 2.75) is 39.7 Å². The van der Waals surface area contributed by atoms with Gasteiger partial charge < -0.3 is 5.32 Å². The van der Waals surface area contributed by atoms with Crippen molar-refractivity contribution in [3.63, 3.8) is 0 Å². The average molecular weight is 368 g/mol. The lowest BCUT2D eigenvalue weighted by Crippen LogP contribution is -2.32. The van der Waals surface area contributed by atoms with Gasteiger partial charge in [-0.25, -0.2) is 0 Å². The molecule has 26 heavy (non-hydrogen) atoms. The highest BCUT2D eigenvalue weighted by atomic mass is 32.1. The summed E-state index contributed by atoms with van der Waals surface area (Å²) in [6, 6.07) is 12.1. The predicted octanol–water partition coefficient (Wildman–Crippen LogP) is 4.54. The molecule has 0 aliphatic heterocycles. The SMILES string of the molecule is CC[C@@H](C(=O)NCCn1nc(C)c(-c2ccsc2)c1C)c1ccccc1. The van der Waals surface area contributed by atoms with Crippen molar-refractivity contribution in [1.82, 2.24) is 15.1 Å². The van der Waals surface area contributed by atoms with Gasteiger partial charge in [0, 0.05) is 17.8 Å². The van der Waals surface area contributed by atoms with Crippen LogP contribution in [0.3, 0.4) is 0 Å². The average Bonchev–Trinajstić information content (AvgIpc) is 3.25. The molecule has 3 aromatic rings. The zero-order chi connectivity index (χ0) is 18.5. The van der Waals surface area contributed by atoms with E-state index in [2.05, 4.69) is 34.2 Å². The Balaban J connectivity index is 1.63. The lowest BCUT2D eigenvalue weighted by Gasteiger charge is -2.15. The molecule has 0 unspecified atom stereocenters. The van der Waals surface area contributed by atoms with Gasteiger partial charge in [-0.1, -0.05) is 37.3 Å². The van der Waals surface area contributed by atoms with Crippen LogP contribution >= 0.6 is 11.3 Å². The molecule has 4 nitrogen and oxygen atoms in total. The molecular formula is C21H25N3OS. The zero-order valence-corrected chi connectivity index (χ0v) is 16.3. The molecule has 0 spiro atoms. The summed E-state index contributed by atoms with van der Waals surface area (Å²) in [5, 5.41) is 12.0. The third-order valence-corrected chi connectivity index (χ3v) is 5.42. The van der Waals surface area contributed by atoms with Crippen molar-refractivity contribution in [1.29, 1.82) is 0 Å². The fourth-order valence-electron chi connectivity index (χ4n) is 3.41. The number of aryl methyl sites for hydroxylation is 1. The van der Waals surface area contributed by atoms with Crippen molar-refractivity contribution in [2.75, 3.05) is 6.54 Å². The highest BCUT2D eigenvalue weighted by Crippen LogP contribution is 2.28. The standard InChI is InChI=1S/C21H25N3OS/c1-4-19(17-8-6-5-7-9-17)21(25)22-11-12-24-16(3)20(15(2)23-24)18-10-13-26-14-18/h5-10,13-14,19H,4,11-12H2,1-3H3,(H,22,25)/t19-/m1/s1. The van der Waals surface area contributed by atoms with Gasteiger partial charge in [-0.3, -0.25) is 9.48 Å². The van der Waals surface area contributed by atoms with Crippen LogP contribution in [0.15, 0.2) is 47.2 Å². The van der Waals surface area contributed by atoms with Gasteiger partial charge in [0.15, 0.2) is 0 Å². The van der Waals surface area contributed by atoms with E-state index >= 15 is 0 Å². The summed E-state index contributed by atoms with van der Waals surface area (Å²) in [4.78, 5) is 12.6. The minimum atomic E-state index is -0.0991. The molecule has 5 heteroatoms. The van der Waals surface area contributed by atoms with E-state index in [-0.39, 0.29) is 11.8 Å². The van der Waals surface area contributed by atoms with Crippen molar-refractivity contribution >= 4 is 17.2 Å². The van der Waals surface area contributed by atoms with E-state index in [4.69, 9.17) is 0 Å². The molecule has 0 aliphatic carbocycles. The number of aromatic nitrogens is 2. The Bertz CT molecular complexity index is 853. The molecule has 0 radical (unpaired) electrons. The number of carbonyl (C=O) groups is 1. The molecule has 0 fully saturated rings. The summed E-state index contributed by atoms with van der Waals surface area (Å²) in [5.74, 6) is -0.0173. The van der Waals surface area contributed by atoms with Crippen molar-refractivity contribution in [3.8, 4) is 11.1 Å². The Labute approximate surface area is 158 Å². The molecule has 0 bridgehead atoms. The number of rotatable bonds is 7. The number of nitrogens with zero attached hydrogens (tertiary/aromatic N) is 2. The van der Waals surface area contributed by atoms with E-state index < -0.39 is 0 Å². The molecule has 3 rings (SSSR count). The van der Waals surface area contributed by atoms with Crippen LogP contribution in [-0.4, -0.2) is 22.2 Å². The van der Waals surface area contributed by atoms with E-state index in [1.165, 1.54) is 11.1 Å². The van der Waals surface area contributed by atoms with Gasteiger partial charge in [0.25, 0.3) is 0 Å². The van der Waals surface area contributed by atoms with Gasteiger partial charge in [-0.2, -0.15) is 16.4 Å². The third-order valence-electron chi connectivity index (χ3n) is 4.74. The maximum Gasteiger partial charge on any atom is 0.227 e. The second-order valence-electron chi connectivity index (χ2n) is 6.44. The van der Waals surface area contributed by atoms with Crippen molar-refractivity contribution in [3.05, 3.63) is 64.1 Å². The van der Waals surface area contributed by atoms with E-state index in [1.807, 2.05) is 48.9 Å². The Hall–Kier alpha value is -2.40. The van der Waals surface area contributed by atoms with Gasteiger partial charge >= 0.3 is 0 Å². The molecule has 1 N–H and O–H groups in total. The monoisotopic (exact) mass is 367 g/mol. The van der Waals surface area contributed by atoms with Crippen LogP contribution < -0.4 is 5.32 Å². The number of hydrogen-bond acceptors (Lipinski definition) is 3. The lowest BCUT2D eigenvalue weighted by atomic mass is 9.96. The maximum absolute atomic E-state index is 12.6. The van der Waals surface area contributed by atoms with Crippen LogP contribution in [0.4, 0.5) is 0 Å². The maximum atomic E-state index is 12.6. The zero-order valence-electron chi connectivity index (χ0n) is 15.5. The normalized spacial score (nSPS) is 12.1. The highest BCUT2D eigenvalue weighted by molar-refractivity contribution is 7.08.